The first-order valence-corrected chi connectivity index (χ1v) is 7.94. The van der Waals surface area contributed by atoms with Crippen LogP contribution in [0.3, 0.4) is 0 Å². The van der Waals surface area contributed by atoms with Crippen molar-refractivity contribution in [3.8, 4) is 0 Å². The van der Waals surface area contributed by atoms with Gasteiger partial charge in [-0.1, -0.05) is 0 Å². The highest BCUT2D eigenvalue weighted by atomic mass is 28.3. The molecule has 0 aromatic rings. The number of epoxide rings is 1. The SMILES string of the molecule is CCO[SiH](CCCOCC1CO1)OC(C)C. The van der Waals surface area contributed by atoms with Crippen LogP contribution in [0, 0.1) is 0 Å². The molecule has 0 aliphatic carbocycles. The summed E-state index contributed by atoms with van der Waals surface area (Å²) in [4.78, 5) is 0. The molecule has 0 radical (unpaired) electrons. The van der Waals surface area contributed by atoms with Gasteiger partial charge in [0.15, 0.2) is 0 Å². The quantitative estimate of drug-likeness (QED) is 0.333. The Balaban J connectivity index is 1.96. The molecule has 1 aliphatic rings. The summed E-state index contributed by atoms with van der Waals surface area (Å²) in [5, 5.41) is 0. The largest absolute Gasteiger partial charge is 0.397 e. The van der Waals surface area contributed by atoms with Crippen LogP contribution in [0.5, 0.6) is 0 Å². The lowest BCUT2D eigenvalue weighted by Crippen LogP contribution is -2.26. The van der Waals surface area contributed by atoms with Crippen molar-refractivity contribution in [3.63, 3.8) is 0 Å². The molecule has 16 heavy (non-hydrogen) atoms. The highest BCUT2D eigenvalue weighted by Gasteiger charge is 2.22. The zero-order chi connectivity index (χ0) is 11.8. The van der Waals surface area contributed by atoms with Crippen LogP contribution in [0.25, 0.3) is 0 Å². The van der Waals surface area contributed by atoms with E-state index in [0.29, 0.717) is 6.10 Å². The van der Waals surface area contributed by atoms with E-state index in [9.17, 15) is 0 Å². The van der Waals surface area contributed by atoms with E-state index in [2.05, 4.69) is 13.8 Å². The maximum Gasteiger partial charge on any atom is 0.321 e. The lowest BCUT2D eigenvalue weighted by Gasteiger charge is -2.18. The molecule has 0 bridgehead atoms. The molecule has 0 amide bonds. The lowest BCUT2D eigenvalue weighted by atomic mass is 10.5. The van der Waals surface area contributed by atoms with Crippen molar-refractivity contribution in [3.05, 3.63) is 0 Å². The molecule has 0 spiro atoms. The third-order valence-electron chi connectivity index (χ3n) is 2.21. The van der Waals surface area contributed by atoms with Crippen molar-refractivity contribution in [1.29, 1.82) is 0 Å². The molecule has 1 rings (SSSR count). The fourth-order valence-corrected chi connectivity index (χ4v) is 3.27. The smallest absolute Gasteiger partial charge is 0.321 e. The van der Waals surface area contributed by atoms with Crippen LogP contribution in [0.1, 0.15) is 27.2 Å². The third kappa shape index (κ3) is 7.35. The van der Waals surface area contributed by atoms with Crippen molar-refractivity contribution in [2.24, 2.45) is 0 Å². The second kappa shape index (κ2) is 8.19. The molecule has 0 N–H and O–H groups in total. The van der Waals surface area contributed by atoms with Gasteiger partial charge in [-0.25, -0.2) is 0 Å². The predicted molar refractivity (Wildman–Crippen MR) is 65.0 cm³/mol. The first-order valence-electron chi connectivity index (χ1n) is 6.18. The molecule has 4 nitrogen and oxygen atoms in total. The summed E-state index contributed by atoms with van der Waals surface area (Å²) >= 11 is 0. The van der Waals surface area contributed by atoms with Gasteiger partial charge < -0.3 is 18.3 Å². The zero-order valence-electron chi connectivity index (χ0n) is 10.6. The Morgan fingerprint density at radius 1 is 1.44 bits per heavy atom. The first kappa shape index (κ1) is 14.1. The summed E-state index contributed by atoms with van der Waals surface area (Å²) in [5.74, 6) is 0. The van der Waals surface area contributed by atoms with E-state index in [-0.39, 0.29) is 6.10 Å². The average Bonchev–Trinajstić information content (AvgIpc) is 3.00. The van der Waals surface area contributed by atoms with Crippen molar-refractivity contribution < 1.29 is 18.3 Å². The van der Waals surface area contributed by atoms with Gasteiger partial charge in [-0.3, -0.25) is 0 Å². The Morgan fingerprint density at radius 3 is 2.75 bits per heavy atom. The Hall–Kier alpha value is 0.0569. The monoisotopic (exact) mass is 248 g/mol. The van der Waals surface area contributed by atoms with Crippen LogP contribution in [0.15, 0.2) is 0 Å². The Labute approximate surface area is 100 Å². The molecule has 0 saturated carbocycles. The third-order valence-corrected chi connectivity index (χ3v) is 4.64. The Morgan fingerprint density at radius 2 is 2.19 bits per heavy atom. The van der Waals surface area contributed by atoms with Crippen LogP contribution in [0.2, 0.25) is 6.04 Å². The minimum atomic E-state index is -1.45. The van der Waals surface area contributed by atoms with Gasteiger partial charge in [0.2, 0.25) is 0 Å². The molecule has 0 aromatic carbocycles. The van der Waals surface area contributed by atoms with Crippen molar-refractivity contribution >= 4 is 9.28 Å². The van der Waals surface area contributed by atoms with E-state index in [1.54, 1.807) is 0 Å². The summed E-state index contributed by atoms with van der Waals surface area (Å²) in [6, 6.07) is 1.03. The van der Waals surface area contributed by atoms with E-state index in [4.69, 9.17) is 18.3 Å². The van der Waals surface area contributed by atoms with E-state index in [1.165, 1.54) is 0 Å². The van der Waals surface area contributed by atoms with E-state index in [1.807, 2.05) is 6.92 Å². The Bertz CT molecular complexity index is 173. The molecule has 96 valence electrons. The predicted octanol–water partition coefficient (Wildman–Crippen LogP) is 1.47. The zero-order valence-corrected chi connectivity index (χ0v) is 11.8. The molecular formula is C11H24O4Si. The van der Waals surface area contributed by atoms with E-state index >= 15 is 0 Å². The standard InChI is InChI=1S/C11H24O4Si/c1-4-14-16(15-10(2)3)7-5-6-12-8-11-9-13-11/h10-11,16H,4-9H2,1-3H3. The average molecular weight is 248 g/mol. The van der Waals surface area contributed by atoms with Gasteiger partial charge in [-0.05, 0) is 33.2 Å². The first-order chi connectivity index (χ1) is 7.72. The van der Waals surface area contributed by atoms with Gasteiger partial charge >= 0.3 is 9.28 Å². The molecule has 1 saturated heterocycles. The molecular weight excluding hydrogens is 224 g/mol. The van der Waals surface area contributed by atoms with E-state index in [0.717, 1.165) is 38.9 Å². The van der Waals surface area contributed by atoms with Gasteiger partial charge in [0.05, 0.1) is 13.2 Å². The minimum Gasteiger partial charge on any atom is -0.397 e. The fraction of sp³-hybridized carbons (Fsp3) is 1.00. The van der Waals surface area contributed by atoms with Crippen LogP contribution in [-0.2, 0) is 18.3 Å². The highest BCUT2D eigenvalue weighted by molar-refractivity contribution is 6.44. The molecule has 1 fully saturated rings. The number of ether oxygens (including phenoxy) is 2. The lowest BCUT2D eigenvalue weighted by molar-refractivity contribution is 0.112. The molecule has 2 unspecified atom stereocenters. The summed E-state index contributed by atoms with van der Waals surface area (Å²) in [7, 11) is -1.45. The van der Waals surface area contributed by atoms with Gasteiger partial charge in [0.25, 0.3) is 0 Å². The molecule has 1 heterocycles. The number of rotatable bonds is 10. The summed E-state index contributed by atoms with van der Waals surface area (Å²) < 4.78 is 21.9. The molecule has 1 aliphatic heterocycles. The molecule has 2 atom stereocenters. The normalized spacial score (nSPS) is 21.4. The van der Waals surface area contributed by atoms with Crippen LogP contribution < -0.4 is 0 Å². The van der Waals surface area contributed by atoms with Gasteiger partial charge in [0, 0.05) is 19.3 Å². The maximum atomic E-state index is 5.77. The Kier molecular flexibility index (Phi) is 7.23. The van der Waals surface area contributed by atoms with Gasteiger partial charge in [-0.2, -0.15) is 0 Å². The molecule has 5 heteroatoms. The van der Waals surface area contributed by atoms with Crippen molar-refractivity contribution in [2.75, 3.05) is 26.4 Å². The topological polar surface area (TPSA) is 40.2 Å². The minimum absolute atomic E-state index is 0.268. The van der Waals surface area contributed by atoms with Gasteiger partial charge in [0.1, 0.15) is 6.10 Å². The number of hydrogen-bond acceptors (Lipinski definition) is 4. The summed E-state index contributed by atoms with van der Waals surface area (Å²) in [5.41, 5.74) is 0. The fourth-order valence-electron chi connectivity index (χ4n) is 1.41. The highest BCUT2D eigenvalue weighted by Crippen LogP contribution is 2.10. The van der Waals surface area contributed by atoms with Crippen molar-refractivity contribution in [1.82, 2.24) is 0 Å². The van der Waals surface area contributed by atoms with Crippen molar-refractivity contribution in [2.45, 2.75) is 45.4 Å². The second-order valence-electron chi connectivity index (χ2n) is 4.24. The van der Waals surface area contributed by atoms with Crippen LogP contribution in [-0.4, -0.2) is 47.9 Å². The molecule has 0 aromatic heterocycles. The summed E-state index contributed by atoms with van der Waals surface area (Å²) in [6.07, 6.45) is 1.66. The van der Waals surface area contributed by atoms with Gasteiger partial charge in [-0.15, -0.1) is 0 Å². The second-order valence-corrected chi connectivity index (χ2v) is 6.28. The van der Waals surface area contributed by atoms with Crippen LogP contribution in [0.4, 0.5) is 0 Å². The number of hydrogen-bond donors (Lipinski definition) is 0. The van der Waals surface area contributed by atoms with Crippen LogP contribution >= 0.6 is 0 Å². The maximum absolute atomic E-state index is 5.77. The van der Waals surface area contributed by atoms with E-state index < -0.39 is 9.28 Å². The summed E-state index contributed by atoms with van der Waals surface area (Å²) in [6.45, 7) is 9.28.